The average molecular weight is 275 g/mol. The van der Waals surface area contributed by atoms with Crippen molar-refractivity contribution in [2.75, 3.05) is 6.54 Å². The molecule has 1 saturated carbocycles. The van der Waals surface area contributed by atoms with E-state index in [0.717, 1.165) is 36.8 Å². The van der Waals surface area contributed by atoms with Crippen LogP contribution in [0.1, 0.15) is 36.8 Å². The SMILES string of the molecule is Cc1cccc(CC(=O)N(CC(=O)O)C2CCCC2)c1. The fourth-order valence-corrected chi connectivity index (χ4v) is 2.88. The smallest absolute Gasteiger partial charge is 0.323 e. The van der Waals surface area contributed by atoms with Gasteiger partial charge < -0.3 is 10.0 Å². The van der Waals surface area contributed by atoms with E-state index in [0.29, 0.717) is 0 Å². The lowest BCUT2D eigenvalue weighted by Crippen LogP contribution is -2.43. The van der Waals surface area contributed by atoms with Gasteiger partial charge in [-0.25, -0.2) is 0 Å². The highest BCUT2D eigenvalue weighted by Crippen LogP contribution is 2.24. The zero-order chi connectivity index (χ0) is 14.5. The van der Waals surface area contributed by atoms with Crippen LogP contribution in [0.25, 0.3) is 0 Å². The summed E-state index contributed by atoms with van der Waals surface area (Å²) in [6.45, 7) is 1.80. The number of rotatable bonds is 5. The molecule has 0 atom stereocenters. The summed E-state index contributed by atoms with van der Waals surface area (Å²) in [6, 6.07) is 7.90. The van der Waals surface area contributed by atoms with Gasteiger partial charge in [-0.1, -0.05) is 42.7 Å². The van der Waals surface area contributed by atoms with Crippen LogP contribution in [-0.4, -0.2) is 34.5 Å². The highest BCUT2D eigenvalue weighted by molar-refractivity contribution is 5.83. The van der Waals surface area contributed by atoms with Crippen LogP contribution in [0.2, 0.25) is 0 Å². The van der Waals surface area contributed by atoms with Crippen molar-refractivity contribution in [3.05, 3.63) is 35.4 Å². The van der Waals surface area contributed by atoms with E-state index < -0.39 is 5.97 Å². The van der Waals surface area contributed by atoms with Crippen molar-refractivity contribution in [3.8, 4) is 0 Å². The van der Waals surface area contributed by atoms with Crippen molar-refractivity contribution in [1.82, 2.24) is 4.90 Å². The summed E-state index contributed by atoms with van der Waals surface area (Å²) in [5.41, 5.74) is 2.06. The summed E-state index contributed by atoms with van der Waals surface area (Å²) in [6.07, 6.45) is 4.29. The zero-order valence-corrected chi connectivity index (χ0v) is 11.8. The van der Waals surface area contributed by atoms with Crippen molar-refractivity contribution in [3.63, 3.8) is 0 Å². The van der Waals surface area contributed by atoms with E-state index in [4.69, 9.17) is 5.11 Å². The predicted octanol–water partition coefficient (Wildman–Crippen LogP) is 2.39. The molecule has 1 amide bonds. The van der Waals surface area contributed by atoms with Gasteiger partial charge in [0.2, 0.25) is 5.91 Å². The Balaban J connectivity index is 2.07. The van der Waals surface area contributed by atoms with Gasteiger partial charge in [-0.05, 0) is 25.3 Å². The fraction of sp³-hybridized carbons (Fsp3) is 0.500. The Kier molecular flexibility index (Phi) is 4.77. The standard InChI is InChI=1S/C16H21NO3/c1-12-5-4-6-13(9-12)10-15(18)17(11-16(19)20)14-7-2-3-8-14/h4-6,9,14H,2-3,7-8,10-11H2,1H3,(H,19,20). The van der Waals surface area contributed by atoms with Gasteiger partial charge in [0.15, 0.2) is 0 Å². The Hall–Kier alpha value is -1.84. The largest absolute Gasteiger partial charge is 0.480 e. The lowest BCUT2D eigenvalue weighted by Gasteiger charge is -2.27. The van der Waals surface area contributed by atoms with Crippen molar-refractivity contribution in [1.29, 1.82) is 0 Å². The van der Waals surface area contributed by atoms with E-state index in [1.165, 1.54) is 0 Å². The van der Waals surface area contributed by atoms with Gasteiger partial charge in [-0.3, -0.25) is 9.59 Å². The molecule has 1 fully saturated rings. The maximum Gasteiger partial charge on any atom is 0.323 e. The minimum absolute atomic E-state index is 0.0788. The maximum atomic E-state index is 12.4. The van der Waals surface area contributed by atoms with Crippen LogP contribution in [0.5, 0.6) is 0 Å². The molecule has 0 bridgehead atoms. The normalized spacial score (nSPS) is 15.2. The molecule has 2 rings (SSSR count). The second-order valence-corrected chi connectivity index (χ2v) is 5.52. The number of carbonyl (C=O) groups excluding carboxylic acids is 1. The van der Waals surface area contributed by atoms with Crippen LogP contribution in [-0.2, 0) is 16.0 Å². The van der Waals surface area contributed by atoms with Crippen LogP contribution in [0, 0.1) is 6.92 Å². The number of amides is 1. The molecule has 0 unspecified atom stereocenters. The topological polar surface area (TPSA) is 57.6 Å². The number of nitrogens with zero attached hydrogens (tertiary/aromatic N) is 1. The number of hydrogen-bond acceptors (Lipinski definition) is 2. The minimum atomic E-state index is -0.936. The molecular formula is C16H21NO3. The van der Waals surface area contributed by atoms with Gasteiger partial charge in [0, 0.05) is 6.04 Å². The Bertz CT molecular complexity index is 492. The quantitative estimate of drug-likeness (QED) is 0.897. The van der Waals surface area contributed by atoms with Crippen LogP contribution in [0.15, 0.2) is 24.3 Å². The molecule has 4 nitrogen and oxygen atoms in total. The average Bonchev–Trinajstić information content (AvgIpc) is 2.89. The van der Waals surface area contributed by atoms with Crippen LogP contribution < -0.4 is 0 Å². The second kappa shape index (κ2) is 6.55. The molecule has 108 valence electrons. The molecule has 1 aliphatic carbocycles. The van der Waals surface area contributed by atoms with Crippen LogP contribution in [0.3, 0.4) is 0 Å². The highest BCUT2D eigenvalue weighted by atomic mass is 16.4. The van der Waals surface area contributed by atoms with Gasteiger partial charge in [0.1, 0.15) is 6.54 Å². The second-order valence-electron chi connectivity index (χ2n) is 5.52. The van der Waals surface area contributed by atoms with Crippen molar-refractivity contribution in [2.24, 2.45) is 0 Å². The maximum absolute atomic E-state index is 12.4. The molecule has 1 aliphatic rings. The number of aliphatic carboxylic acids is 1. The monoisotopic (exact) mass is 275 g/mol. The Morgan fingerprint density at radius 1 is 1.30 bits per heavy atom. The number of benzene rings is 1. The Labute approximate surface area is 119 Å². The first kappa shape index (κ1) is 14.6. The molecule has 0 heterocycles. The Morgan fingerprint density at radius 3 is 2.60 bits per heavy atom. The van der Waals surface area contributed by atoms with E-state index >= 15 is 0 Å². The van der Waals surface area contributed by atoms with E-state index in [1.807, 2.05) is 31.2 Å². The molecule has 0 spiro atoms. The number of hydrogen-bond donors (Lipinski definition) is 1. The summed E-state index contributed by atoms with van der Waals surface area (Å²) < 4.78 is 0. The summed E-state index contributed by atoms with van der Waals surface area (Å²) in [4.78, 5) is 24.9. The molecule has 0 aromatic heterocycles. The van der Waals surface area contributed by atoms with E-state index in [2.05, 4.69) is 0 Å². The zero-order valence-electron chi connectivity index (χ0n) is 11.8. The third-order valence-electron chi connectivity index (χ3n) is 3.83. The molecule has 20 heavy (non-hydrogen) atoms. The Morgan fingerprint density at radius 2 is 2.00 bits per heavy atom. The van der Waals surface area contributed by atoms with Gasteiger partial charge in [-0.15, -0.1) is 0 Å². The van der Waals surface area contributed by atoms with Gasteiger partial charge in [-0.2, -0.15) is 0 Å². The first-order valence-electron chi connectivity index (χ1n) is 7.13. The number of aryl methyl sites for hydroxylation is 1. The van der Waals surface area contributed by atoms with E-state index in [1.54, 1.807) is 4.90 Å². The summed E-state index contributed by atoms with van der Waals surface area (Å²) >= 11 is 0. The third-order valence-corrected chi connectivity index (χ3v) is 3.83. The summed E-state index contributed by atoms with van der Waals surface area (Å²) in [5.74, 6) is -1.01. The molecule has 4 heteroatoms. The third kappa shape index (κ3) is 3.83. The number of carboxylic acid groups (broad SMARTS) is 1. The number of carboxylic acids is 1. The molecule has 0 radical (unpaired) electrons. The van der Waals surface area contributed by atoms with Crippen LogP contribution in [0.4, 0.5) is 0 Å². The summed E-state index contributed by atoms with van der Waals surface area (Å²) in [5, 5.41) is 9.01. The molecule has 1 aromatic carbocycles. The van der Waals surface area contributed by atoms with E-state index in [-0.39, 0.29) is 24.9 Å². The molecule has 0 saturated heterocycles. The molecular weight excluding hydrogens is 254 g/mol. The minimum Gasteiger partial charge on any atom is -0.480 e. The predicted molar refractivity (Wildman–Crippen MR) is 76.5 cm³/mol. The van der Waals surface area contributed by atoms with Gasteiger partial charge in [0.05, 0.1) is 6.42 Å². The lowest BCUT2D eigenvalue weighted by atomic mass is 10.1. The van der Waals surface area contributed by atoms with Gasteiger partial charge in [0.25, 0.3) is 0 Å². The van der Waals surface area contributed by atoms with Crippen molar-refractivity contribution in [2.45, 2.75) is 45.1 Å². The first-order chi connectivity index (χ1) is 9.56. The highest BCUT2D eigenvalue weighted by Gasteiger charge is 2.28. The molecule has 1 N–H and O–H groups in total. The molecule has 0 aliphatic heterocycles. The summed E-state index contributed by atoms with van der Waals surface area (Å²) in [7, 11) is 0. The number of carbonyl (C=O) groups is 2. The molecule has 1 aromatic rings. The van der Waals surface area contributed by atoms with Crippen LogP contribution >= 0.6 is 0 Å². The van der Waals surface area contributed by atoms with Crippen molar-refractivity contribution < 1.29 is 14.7 Å². The first-order valence-corrected chi connectivity index (χ1v) is 7.13. The fourth-order valence-electron chi connectivity index (χ4n) is 2.88. The van der Waals surface area contributed by atoms with Gasteiger partial charge >= 0.3 is 5.97 Å². The van der Waals surface area contributed by atoms with Crippen molar-refractivity contribution >= 4 is 11.9 Å². The van der Waals surface area contributed by atoms with E-state index in [9.17, 15) is 9.59 Å². The lowest BCUT2D eigenvalue weighted by molar-refractivity contribution is -0.145.